The van der Waals surface area contributed by atoms with E-state index >= 15 is 0 Å². The Labute approximate surface area is 105 Å². The molecule has 2 heteroatoms. The first-order chi connectivity index (χ1) is 7.94. The van der Waals surface area contributed by atoms with Crippen molar-refractivity contribution in [2.45, 2.75) is 65.1 Å². The number of hydrogen-bond donors (Lipinski definition) is 2. The SMILES string of the molecule is CC(C)[C@H]1C2=CC[C@@H](O)CC[C@@]2(C)CC[C@@H]1O. The highest BCUT2D eigenvalue weighted by atomic mass is 16.3. The molecule has 0 saturated heterocycles. The van der Waals surface area contributed by atoms with Crippen LogP contribution in [0.1, 0.15) is 52.9 Å². The Hall–Kier alpha value is -0.340. The zero-order valence-electron chi connectivity index (χ0n) is 11.3. The van der Waals surface area contributed by atoms with Crippen LogP contribution in [-0.4, -0.2) is 22.4 Å². The molecule has 0 unspecified atom stereocenters. The summed E-state index contributed by atoms with van der Waals surface area (Å²) in [5, 5.41) is 20.1. The van der Waals surface area contributed by atoms with Gasteiger partial charge < -0.3 is 10.2 Å². The van der Waals surface area contributed by atoms with Gasteiger partial charge in [-0.3, -0.25) is 0 Å². The molecule has 0 radical (unpaired) electrons. The molecule has 2 N–H and O–H groups in total. The van der Waals surface area contributed by atoms with Crippen LogP contribution in [0.25, 0.3) is 0 Å². The molecule has 4 atom stereocenters. The summed E-state index contributed by atoms with van der Waals surface area (Å²) < 4.78 is 0. The molecule has 0 amide bonds. The molecule has 1 saturated carbocycles. The van der Waals surface area contributed by atoms with Crippen molar-refractivity contribution in [1.82, 2.24) is 0 Å². The highest BCUT2D eigenvalue weighted by molar-refractivity contribution is 5.23. The summed E-state index contributed by atoms with van der Waals surface area (Å²) in [7, 11) is 0. The lowest BCUT2D eigenvalue weighted by Crippen LogP contribution is -2.40. The van der Waals surface area contributed by atoms with E-state index in [0.29, 0.717) is 11.8 Å². The highest BCUT2D eigenvalue weighted by Crippen LogP contribution is 2.50. The Balaban J connectivity index is 2.33. The lowest BCUT2D eigenvalue weighted by molar-refractivity contribution is 0.0366. The molecule has 0 heterocycles. The average molecular weight is 238 g/mol. The summed E-state index contributed by atoms with van der Waals surface area (Å²) in [5.74, 6) is 0.769. The molecule has 2 nitrogen and oxygen atoms in total. The van der Waals surface area contributed by atoms with Crippen LogP contribution in [0, 0.1) is 17.3 Å². The molecule has 2 rings (SSSR count). The van der Waals surface area contributed by atoms with Gasteiger partial charge in [0.25, 0.3) is 0 Å². The summed E-state index contributed by atoms with van der Waals surface area (Å²) >= 11 is 0. The summed E-state index contributed by atoms with van der Waals surface area (Å²) in [5.41, 5.74) is 1.63. The molecule has 0 bridgehead atoms. The first kappa shape index (κ1) is 13.1. The minimum Gasteiger partial charge on any atom is -0.393 e. The van der Waals surface area contributed by atoms with Crippen molar-refractivity contribution in [3.8, 4) is 0 Å². The van der Waals surface area contributed by atoms with Crippen molar-refractivity contribution >= 4 is 0 Å². The van der Waals surface area contributed by atoms with Crippen LogP contribution in [-0.2, 0) is 0 Å². The van der Waals surface area contributed by atoms with E-state index in [-0.39, 0.29) is 17.6 Å². The molecule has 98 valence electrons. The topological polar surface area (TPSA) is 40.5 Å². The quantitative estimate of drug-likeness (QED) is 0.690. The maximum Gasteiger partial charge on any atom is 0.0608 e. The van der Waals surface area contributed by atoms with Crippen LogP contribution in [0.15, 0.2) is 11.6 Å². The molecule has 0 aromatic rings. The zero-order valence-corrected chi connectivity index (χ0v) is 11.3. The molecular formula is C15H26O2. The van der Waals surface area contributed by atoms with Crippen LogP contribution in [0.3, 0.4) is 0 Å². The molecule has 0 spiro atoms. The summed E-state index contributed by atoms with van der Waals surface area (Å²) in [6, 6.07) is 0. The van der Waals surface area contributed by atoms with Crippen molar-refractivity contribution in [3.63, 3.8) is 0 Å². The van der Waals surface area contributed by atoms with E-state index in [1.54, 1.807) is 0 Å². The van der Waals surface area contributed by atoms with Gasteiger partial charge in [-0.05, 0) is 43.4 Å². The summed E-state index contributed by atoms with van der Waals surface area (Å²) in [4.78, 5) is 0. The molecule has 1 fully saturated rings. The second-order valence-electron chi connectivity index (χ2n) is 6.52. The van der Waals surface area contributed by atoms with Crippen molar-refractivity contribution < 1.29 is 10.2 Å². The van der Waals surface area contributed by atoms with E-state index in [2.05, 4.69) is 26.8 Å². The van der Waals surface area contributed by atoms with Crippen LogP contribution in [0.5, 0.6) is 0 Å². The lowest BCUT2D eigenvalue weighted by Gasteiger charge is -2.45. The third-order valence-corrected chi connectivity index (χ3v) is 4.82. The Morgan fingerprint density at radius 2 is 1.88 bits per heavy atom. The van der Waals surface area contributed by atoms with Gasteiger partial charge in [-0.15, -0.1) is 0 Å². The van der Waals surface area contributed by atoms with Crippen LogP contribution >= 0.6 is 0 Å². The predicted molar refractivity (Wildman–Crippen MR) is 69.6 cm³/mol. The van der Waals surface area contributed by atoms with Crippen LogP contribution in [0.4, 0.5) is 0 Å². The number of aliphatic hydroxyl groups excluding tert-OH is 2. The average Bonchev–Trinajstić information content (AvgIpc) is 2.40. The number of aliphatic hydroxyl groups is 2. The molecule has 2 aliphatic rings. The summed E-state index contributed by atoms with van der Waals surface area (Å²) in [6.07, 6.45) is 6.56. The predicted octanol–water partition coefficient (Wildman–Crippen LogP) is 2.89. The summed E-state index contributed by atoms with van der Waals surface area (Å²) in [6.45, 7) is 6.71. The van der Waals surface area contributed by atoms with Gasteiger partial charge in [-0.25, -0.2) is 0 Å². The minimum atomic E-state index is -0.190. The van der Waals surface area contributed by atoms with Crippen molar-refractivity contribution in [1.29, 1.82) is 0 Å². The molecular weight excluding hydrogens is 212 g/mol. The first-order valence-electron chi connectivity index (χ1n) is 7.01. The number of hydrogen-bond acceptors (Lipinski definition) is 2. The van der Waals surface area contributed by atoms with Crippen LogP contribution < -0.4 is 0 Å². The van der Waals surface area contributed by atoms with Gasteiger partial charge in [0, 0.05) is 5.92 Å². The molecule has 17 heavy (non-hydrogen) atoms. The highest BCUT2D eigenvalue weighted by Gasteiger charge is 2.43. The van der Waals surface area contributed by atoms with E-state index in [0.717, 1.165) is 32.1 Å². The third kappa shape index (κ3) is 2.43. The van der Waals surface area contributed by atoms with E-state index < -0.39 is 0 Å². The largest absolute Gasteiger partial charge is 0.393 e. The van der Waals surface area contributed by atoms with E-state index in [4.69, 9.17) is 0 Å². The van der Waals surface area contributed by atoms with Gasteiger partial charge in [0.1, 0.15) is 0 Å². The fraction of sp³-hybridized carbons (Fsp3) is 0.867. The molecule has 2 aliphatic carbocycles. The van der Waals surface area contributed by atoms with Crippen molar-refractivity contribution in [2.24, 2.45) is 17.3 Å². The number of fused-ring (bicyclic) bond motifs is 1. The maximum atomic E-state index is 10.2. The monoisotopic (exact) mass is 238 g/mol. The van der Waals surface area contributed by atoms with Gasteiger partial charge in [0.2, 0.25) is 0 Å². The standard InChI is InChI=1S/C15H26O2/c1-10(2)14-12-5-4-11(16)6-8-15(12,3)9-7-13(14)17/h5,10-11,13-14,16-17H,4,6-9H2,1-3H3/t11-,13+,14+,15+/m1/s1. The normalized spacial score (nSPS) is 42.9. The van der Waals surface area contributed by atoms with Gasteiger partial charge >= 0.3 is 0 Å². The van der Waals surface area contributed by atoms with E-state index in [1.807, 2.05) is 0 Å². The number of rotatable bonds is 1. The second kappa shape index (κ2) is 4.74. The minimum absolute atomic E-state index is 0.185. The smallest absolute Gasteiger partial charge is 0.0608 e. The molecule has 0 aromatic carbocycles. The first-order valence-corrected chi connectivity index (χ1v) is 7.01. The van der Waals surface area contributed by atoms with E-state index in [1.165, 1.54) is 5.57 Å². The zero-order chi connectivity index (χ0) is 12.6. The van der Waals surface area contributed by atoms with E-state index in [9.17, 15) is 10.2 Å². The Kier molecular flexibility index (Phi) is 3.65. The van der Waals surface area contributed by atoms with Gasteiger partial charge in [-0.2, -0.15) is 0 Å². The third-order valence-electron chi connectivity index (χ3n) is 4.82. The Bertz CT molecular complexity index is 308. The van der Waals surface area contributed by atoms with Crippen LogP contribution in [0.2, 0.25) is 0 Å². The molecule has 0 aromatic heterocycles. The lowest BCUT2D eigenvalue weighted by atomic mass is 9.61. The maximum absolute atomic E-state index is 10.2. The Morgan fingerprint density at radius 3 is 2.53 bits per heavy atom. The van der Waals surface area contributed by atoms with Crippen molar-refractivity contribution in [3.05, 3.63) is 11.6 Å². The van der Waals surface area contributed by atoms with Crippen molar-refractivity contribution in [2.75, 3.05) is 0 Å². The Morgan fingerprint density at radius 1 is 1.24 bits per heavy atom. The van der Waals surface area contributed by atoms with Gasteiger partial charge in [-0.1, -0.05) is 32.4 Å². The van der Waals surface area contributed by atoms with Gasteiger partial charge in [0.15, 0.2) is 0 Å². The second-order valence-corrected chi connectivity index (χ2v) is 6.52. The molecule has 0 aliphatic heterocycles. The fourth-order valence-corrected chi connectivity index (χ4v) is 3.72. The fourth-order valence-electron chi connectivity index (χ4n) is 3.72. The van der Waals surface area contributed by atoms with Gasteiger partial charge in [0.05, 0.1) is 12.2 Å².